The van der Waals surface area contributed by atoms with Crippen molar-refractivity contribution in [2.45, 2.75) is 45.8 Å². The Morgan fingerprint density at radius 2 is 2.12 bits per heavy atom. The van der Waals surface area contributed by atoms with E-state index in [0.29, 0.717) is 19.1 Å². The van der Waals surface area contributed by atoms with Crippen LogP contribution in [0, 0.1) is 5.92 Å². The Balaban J connectivity index is 1.94. The summed E-state index contributed by atoms with van der Waals surface area (Å²) in [5, 5.41) is 6.44. The van der Waals surface area contributed by atoms with E-state index in [9.17, 15) is 0 Å². The number of hydrazone groups is 1. The molecule has 26 heavy (non-hydrogen) atoms. The number of ether oxygens (including phenoxy) is 2. The van der Waals surface area contributed by atoms with Gasteiger partial charge in [0.25, 0.3) is 0 Å². The number of hydrogen-bond acceptors (Lipinski definition) is 4. The Hall–Kier alpha value is -1.91. The summed E-state index contributed by atoms with van der Waals surface area (Å²) >= 11 is 0. The van der Waals surface area contributed by atoms with Gasteiger partial charge in [-0.05, 0) is 44.3 Å². The van der Waals surface area contributed by atoms with Crippen molar-refractivity contribution in [1.82, 2.24) is 5.01 Å². The van der Waals surface area contributed by atoms with Gasteiger partial charge in [-0.25, -0.2) is 0 Å². The number of allylic oxidation sites excluding steroid dienone is 8. The van der Waals surface area contributed by atoms with Crippen molar-refractivity contribution < 1.29 is 9.47 Å². The normalized spacial score (nSPS) is 23.4. The van der Waals surface area contributed by atoms with E-state index in [4.69, 9.17) is 9.47 Å². The fraction of sp³-hybridized carbons (Fsp3) is 0.500. The molecule has 0 aromatic heterocycles. The Labute approximate surface area is 158 Å². The van der Waals surface area contributed by atoms with E-state index in [1.165, 1.54) is 11.1 Å². The number of nitrogens with zero attached hydrogens (tertiary/aromatic N) is 2. The smallest absolute Gasteiger partial charge is 0.166 e. The number of likely N-dealkylation sites (N-methyl/N-ethyl adjacent to an activating group) is 1. The van der Waals surface area contributed by atoms with Crippen LogP contribution in [0.3, 0.4) is 0 Å². The summed E-state index contributed by atoms with van der Waals surface area (Å²) in [7, 11) is 1.95. The van der Waals surface area contributed by atoms with Crippen LogP contribution in [0.5, 0.6) is 0 Å². The molecule has 0 amide bonds. The molecular formula is C22H32N2O2. The van der Waals surface area contributed by atoms with E-state index in [2.05, 4.69) is 30.8 Å². The second-order valence-corrected chi connectivity index (χ2v) is 7.00. The van der Waals surface area contributed by atoms with Gasteiger partial charge in [-0.3, -0.25) is 5.01 Å². The van der Waals surface area contributed by atoms with Crippen molar-refractivity contribution in [2.24, 2.45) is 11.0 Å². The van der Waals surface area contributed by atoms with Gasteiger partial charge in [-0.2, -0.15) is 5.10 Å². The highest BCUT2D eigenvalue weighted by atomic mass is 16.7. The van der Waals surface area contributed by atoms with E-state index in [-0.39, 0.29) is 0 Å². The molecule has 2 aliphatic rings. The molecule has 0 aromatic rings. The zero-order valence-corrected chi connectivity index (χ0v) is 16.6. The van der Waals surface area contributed by atoms with Crippen LogP contribution in [0.2, 0.25) is 0 Å². The molecule has 142 valence electrons. The van der Waals surface area contributed by atoms with Gasteiger partial charge >= 0.3 is 0 Å². The summed E-state index contributed by atoms with van der Waals surface area (Å²) in [6, 6.07) is 0. The molecule has 4 heteroatoms. The molecule has 1 aliphatic heterocycles. The van der Waals surface area contributed by atoms with Crippen molar-refractivity contribution >= 4 is 6.21 Å². The summed E-state index contributed by atoms with van der Waals surface area (Å²) in [4.78, 5) is 0. The second-order valence-electron chi connectivity index (χ2n) is 7.00. The van der Waals surface area contributed by atoms with Gasteiger partial charge in [0.2, 0.25) is 0 Å². The molecule has 2 rings (SSSR count). The lowest BCUT2D eigenvalue weighted by atomic mass is 9.85. The highest BCUT2D eigenvalue weighted by Crippen LogP contribution is 2.32. The monoisotopic (exact) mass is 356 g/mol. The van der Waals surface area contributed by atoms with Crippen LogP contribution in [0.4, 0.5) is 0 Å². The fourth-order valence-corrected chi connectivity index (χ4v) is 3.21. The lowest BCUT2D eigenvalue weighted by Crippen LogP contribution is -2.25. The lowest BCUT2D eigenvalue weighted by Gasteiger charge is -2.26. The third-order valence-electron chi connectivity index (χ3n) is 4.92. The summed E-state index contributed by atoms with van der Waals surface area (Å²) in [5.41, 5.74) is 3.74. The zero-order valence-electron chi connectivity index (χ0n) is 16.6. The lowest BCUT2D eigenvalue weighted by molar-refractivity contribution is -0.146. The predicted octanol–water partition coefficient (Wildman–Crippen LogP) is 4.99. The topological polar surface area (TPSA) is 34.1 Å². The van der Waals surface area contributed by atoms with Crippen LogP contribution in [0.15, 0.2) is 65.0 Å². The third-order valence-corrected chi connectivity index (χ3v) is 4.92. The first kappa shape index (κ1) is 20.4. The van der Waals surface area contributed by atoms with Crippen LogP contribution in [-0.4, -0.2) is 37.3 Å². The number of rotatable bonds is 8. The van der Waals surface area contributed by atoms with E-state index in [1.807, 2.05) is 50.3 Å². The molecular weight excluding hydrogens is 324 g/mol. The average molecular weight is 357 g/mol. The van der Waals surface area contributed by atoms with Crippen LogP contribution in [0.25, 0.3) is 0 Å². The van der Waals surface area contributed by atoms with E-state index < -0.39 is 5.79 Å². The maximum Gasteiger partial charge on any atom is 0.166 e. The summed E-state index contributed by atoms with van der Waals surface area (Å²) in [6.07, 6.45) is 17.0. The highest BCUT2D eigenvalue weighted by Gasteiger charge is 2.31. The molecule has 0 spiro atoms. The maximum atomic E-state index is 5.71. The van der Waals surface area contributed by atoms with Crippen LogP contribution in [-0.2, 0) is 9.47 Å². The fourth-order valence-electron chi connectivity index (χ4n) is 3.21. The Bertz CT molecular complexity index is 635. The van der Waals surface area contributed by atoms with E-state index in [1.54, 1.807) is 6.08 Å². The molecule has 1 unspecified atom stereocenters. The largest absolute Gasteiger partial charge is 0.348 e. The Morgan fingerprint density at radius 3 is 2.73 bits per heavy atom. The SMILES string of the molecule is C=C/C=C\C(=C/C)N(C)/N=C\C1=CC=C(CCC2(C)OCCO2)C(C)C1. The first-order valence-electron chi connectivity index (χ1n) is 9.38. The predicted molar refractivity (Wildman–Crippen MR) is 109 cm³/mol. The van der Waals surface area contributed by atoms with E-state index in [0.717, 1.165) is 25.0 Å². The molecule has 1 heterocycles. The molecule has 0 bridgehead atoms. The van der Waals surface area contributed by atoms with Gasteiger partial charge in [0.05, 0.1) is 25.1 Å². The van der Waals surface area contributed by atoms with Crippen molar-refractivity contribution in [3.63, 3.8) is 0 Å². The van der Waals surface area contributed by atoms with Gasteiger partial charge < -0.3 is 9.47 Å². The van der Waals surface area contributed by atoms with Crippen molar-refractivity contribution in [3.8, 4) is 0 Å². The van der Waals surface area contributed by atoms with Gasteiger partial charge in [-0.1, -0.05) is 49.5 Å². The molecule has 0 radical (unpaired) electrons. The summed E-state index contributed by atoms with van der Waals surface area (Å²) in [6.45, 7) is 11.4. The molecule has 1 fully saturated rings. The van der Waals surface area contributed by atoms with Gasteiger partial charge in [0, 0.05) is 13.5 Å². The summed E-state index contributed by atoms with van der Waals surface area (Å²) < 4.78 is 11.4. The molecule has 1 saturated heterocycles. The van der Waals surface area contributed by atoms with Crippen LogP contribution >= 0.6 is 0 Å². The molecule has 1 aliphatic carbocycles. The molecule has 0 aromatic carbocycles. The molecule has 1 atom stereocenters. The molecule has 4 nitrogen and oxygen atoms in total. The van der Waals surface area contributed by atoms with Crippen molar-refractivity contribution in [1.29, 1.82) is 0 Å². The second kappa shape index (κ2) is 9.70. The Kier molecular flexibility index (Phi) is 7.61. The first-order chi connectivity index (χ1) is 12.5. The minimum Gasteiger partial charge on any atom is -0.348 e. The van der Waals surface area contributed by atoms with Crippen LogP contribution < -0.4 is 0 Å². The average Bonchev–Trinajstić information content (AvgIpc) is 3.06. The highest BCUT2D eigenvalue weighted by molar-refractivity contribution is 5.79. The van der Waals surface area contributed by atoms with Crippen molar-refractivity contribution in [3.05, 3.63) is 59.9 Å². The minimum absolute atomic E-state index is 0.406. The summed E-state index contributed by atoms with van der Waals surface area (Å²) in [5.74, 6) is 0.106. The minimum atomic E-state index is -0.406. The quantitative estimate of drug-likeness (QED) is 0.349. The van der Waals surface area contributed by atoms with Gasteiger partial charge in [0.15, 0.2) is 5.79 Å². The molecule has 0 saturated carbocycles. The first-order valence-corrected chi connectivity index (χ1v) is 9.38. The molecule has 0 N–H and O–H groups in total. The van der Waals surface area contributed by atoms with Crippen LogP contribution in [0.1, 0.15) is 40.0 Å². The maximum absolute atomic E-state index is 5.71. The zero-order chi connectivity index (χ0) is 19.0. The standard InChI is InChI=1S/C22H32N2O2/c1-6-8-9-21(7-2)24(5)23-17-19-10-11-20(18(3)16-19)12-13-22(4)25-14-15-26-22/h6-11,17-18H,1,12-16H2,2-5H3/b9-8-,21-7+,23-17-. The Morgan fingerprint density at radius 1 is 1.38 bits per heavy atom. The third kappa shape index (κ3) is 5.82. The van der Waals surface area contributed by atoms with Gasteiger partial charge in [0.1, 0.15) is 0 Å². The van der Waals surface area contributed by atoms with E-state index >= 15 is 0 Å². The van der Waals surface area contributed by atoms with Gasteiger partial charge in [-0.15, -0.1) is 0 Å². The van der Waals surface area contributed by atoms with Crippen molar-refractivity contribution in [2.75, 3.05) is 20.3 Å². The number of hydrogen-bond donors (Lipinski definition) is 0.